The molecule has 0 aliphatic carbocycles. The fraction of sp³-hybridized carbons (Fsp3) is 0.300. The smallest absolute Gasteiger partial charge is 0.134 e. The minimum atomic E-state index is 0. The van der Waals surface area contributed by atoms with E-state index in [9.17, 15) is 4.79 Å². The minimum Gasteiger partial charge on any atom is -0.300 e. The summed E-state index contributed by atoms with van der Waals surface area (Å²) in [5, 5.41) is 3.44. The highest BCUT2D eigenvalue weighted by Crippen LogP contribution is 2.14. The molecule has 0 radical (unpaired) electrons. The Labute approximate surface area is 83.2 Å². The van der Waals surface area contributed by atoms with Crippen molar-refractivity contribution < 1.29 is 4.79 Å². The topological polar surface area (TPSA) is 65.8 Å². The van der Waals surface area contributed by atoms with Crippen molar-refractivity contribution in [3.63, 3.8) is 0 Å². The average Bonchev–Trinajstić information content (AvgIpc) is 2.04. The number of hydrogen-bond donors (Lipinski definition) is 0. The van der Waals surface area contributed by atoms with Crippen LogP contribution in [-0.4, -0.2) is 5.78 Å². The second-order valence-corrected chi connectivity index (χ2v) is 2.74. The highest BCUT2D eigenvalue weighted by molar-refractivity contribution is 5.78. The summed E-state index contributed by atoms with van der Waals surface area (Å²) in [4.78, 5) is 13.4. The van der Waals surface area contributed by atoms with Crippen LogP contribution < -0.4 is 0 Å². The molecule has 0 aliphatic rings. The molecule has 0 unspecified atom stereocenters. The Balaban J connectivity index is 0.00000169. The van der Waals surface area contributed by atoms with Gasteiger partial charge < -0.3 is 0 Å². The van der Waals surface area contributed by atoms with E-state index >= 15 is 0 Å². The van der Waals surface area contributed by atoms with Gasteiger partial charge in [0.05, 0.1) is 0 Å². The highest BCUT2D eigenvalue weighted by atomic mass is 16.1. The molecule has 1 aromatic rings. The Morgan fingerprint density at radius 1 is 1.57 bits per heavy atom. The Bertz CT molecular complexity index is 367. The van der Waals surface area contributed by atoms with Gasteiger partial charge in [0.1, 0.15) is 5.78 Å². The maximum Gasteiger partial charge on any atom is 0.134 e. The predicted octanol–water partition coefficient (Wildman–Crippen LogP) is 3.40. The van der Waals surface area contributed by atoms with E-state index in [1.807, 2.05) is 6.07 Å². The molecule has 0 bridgehead atoms. The van der Waals surface area contributed by atoms with Crippen LogP contribution in [0.25, 0.3) is 10.4 Å². The van der Waals surface area contributed by atoms with Gasteiger partial charge in [0.25, 0.3) is 0 Å². The number of carbonyl (C=O) groups excluding carboxylic acids is 1. The van der Waals surface area contributed by atoms with Crippen molar-refractivity contribution in [1.29, 1.82) is 0 Å². The molecule has 1 aromatic carbocycles. The lowest BCUT2D eigenvalue weighted by atomic mass is 10.1. The van der Waals surface area contributed by atoms with Crippen LogP contribution in [0.3, 0.4) is 0 Å². The third-order valence-corrected chi connectivity index (χ3v) is 1.52. The van der Waals surface area contributed by atoms with Gasteiger partial charge in [0.15, 0.2) is 0 Å². The zero-order chi connectivity index (χ0) is 9.68. The lowest BCUT2D eigenvalue weighted by Crippen LogP contribution is -1.95. The molecule has 1 rings (SSSR count). The maximum absolute atomic E-state index is 10.8. The molecule has 0 spiro atoms. The first-order chi connectivity index (χ1) is 6.22. The molecule has 14 heavy (non-hydrogen) atoms. The van der Waals surface area contributed by atoms with Gasteiger partial charge in [-0.25, -0.2) is 0 Å². The predicted molar refractivity (Wildman–Crippen MR) is 56.4 cm³/mol. The summed E-state index contributed by atoms with van der Waals surface area (Å²) in [6.07, 6.45) is 0.384. The number of benzene rings is 1. The van der Waals surface area contributed by atoms with Crippen LogP contribution in [-0.2, 0) is 11.2 Å². The van der Waals surface area contributed by atoms with Gasteiger partial charge in [-0.3, -0.25) is 4.79 Å². The van der Waals surface area contributed by atoms with Gasteiger partial charge in [0.2, 0.25) is 0 Å². The molecule has 0 atom stereocenters. The van der Waals surface area contributed by atoms with Gasteiger partial charge in [-0.2, -0.15) is 0 Å². The second kappa shape index (κ2) is 5.78. The van der Waals surface area contributed by atoms with E-state index < -0.39 is 0 Å². The van der Waals surface area contributed by atoms with Gasteiger partial charge >= 0.3 is 0 Å². The number of nitrogens with zero attached hydrogens (tertiary/aromatic N) is 3. The molecule has 0 aromatic heterocycles. The maximum atomic E-state index is 10.8. The van der Waals surface area contributed by atoms with E-state index in [1.165, 1.54) is 6.92 Å². The Hall–Kier alpha value is -1.80. The molecule has 0 saturated heterocycles. The molecular formula is C10H13N3O. The summed E-state index contributed by atoms with van der Waals surface area (Å²) in [7, 11) is 0. The number of ketones is 1. The van der Waals surface area contributed by atoms with E-state index in [0.29, 0.717) is 12.1 Å². The van der Waals surface area contributed by atoms with Crippen LogP contribution in [0.2, 0.25) is 0 Å². The molecule has 0 amide bonds. The number of rotatable bonds is 3. The van der Waals surface area contributed by atoms with Crippen molar-refractivity contribution in [2.24, 2.45) is 5.11 Å². The Morgan fingerprint density at radius 3 is 2.86 bits per heavy atom. The van der Waals surface area contributed by atoms with Crippen molar-refractivity contribution in [3.8, 4) is 0 Å². The summed E-state index contributed by atoms with van der Waals surface area (Å²) < 4.78 is 0. The van der Waals surface area contributed by atoms with E-state index in [0.717, 1.165) is 5.56 Å². The van der Waals surface area contributed by atoms with Crippen LogP contribution in [0.4, 0.5) is 5.69 Å². The first-order valence-corrected chi connectivity index (χ1v) is 3.86. The Kier molecular flexibility index (Phi) is 5.04. The van der Waals surface area contributed by atoms with Crippen molar-refractivity contribution in [1.82, 2.24) is 0 Å². The van der Waals surface area contributed by atoms with Crippen LogP contribution in [0, 0.1) is 0 Å². The number of hydrogen-bond acceptors (Lipinski definition) is 2. The SMILES string of the molecule is C.CC(=O)Cc1cccc(N=[N+]=[N-])c1. The van der Waals surface area contributed by atoms with Crippen molar-refractivity contribution in [2.45, 2.75) is 20.8 Å². The fourth-order valence-corrected chi connectivity index (χ4v) is 1.07. The quantitative estimate of drug-likeness (QED) is 0.410. The molecule has 4 heteroatoms. The zero-order valence-corrected chi connectivity index (χ0v) is 7.27. The van der Waals surface area contributed by atoms with Crippen LogP contribution in [0.1, 0.15) is 19.9 Å². The third-order valence-electron chi connectivity index (χ3n) is 1.52. The molecule has 0 aliphatic heterocycles. The summed E-state index contributed by atoms with van der Waals surface area (Å²) >= 11 is 0. The van der Waals surface area contributed by atoms with Crippen LogP contribution in [0.5, 0.6) is 0 Å². The summed E-state index contributed by atoms with van der Waals surface area (Å²) in [5.74, 6) is 0.0955. The summed E-state index contributed by atoms with van der Waals surface area (Å²) in [6.45, 7) is 1.53. The summed E-state index contributed by atoms with van der Waals surface area (Å²) in [6, 6.07) is 7.00. The lowest BCUT2D eigenvalue weighted by molar-refractivity contribution is -0.116. The van der Waals surface area contributed by atoms with Crippen molar-refractivity contribution in [2.75, 3.05) is 0 Å². The molecule has 0 fully saturated rings. The standard InChI is InChI=1S/C9H9N3O.CH4/c1-7(13)5-8-3-2-4-9(6-8)11-12-10;/h2-4,6H,5H2,1H3;1H4. The fourth-order valence-electron chi connectivity index (χ4n) is 1.07. The zero-order valence-electron chi connectivity index (χ0n) is 7.27. The first kappa shape index (κ1) is 12.2. The average molecular weight is 191 g/mol. The van der Waals surface area contributed by atoms with E-state index in [1.54, 1.807) is 18.2 Å². The Morgan fingerprint density at radius 2 is 2.29 bits per heavy atom. The van der Waals surface area contributed by atoms with Crippen LogP contribution >= 0.6 is 0 Å². The van der Waals surface area contributed by atoms with Crippen molar-refractivity contribution in [3.05, 3.63) is 40.3 Å². The second-order valence-electron chi connectivity index (χ2n) is 2.74. The molecule has 0 saturated carbocycles. The van der Waals surface area contributed by atoms with Gasteiger partial charge in [-0.1, -0.05) is 30.7 Å². The third kappa shape index (κ3) is 3.74. The van der Waals surface area contributed by atoms with E-state index in [2.05, 4.69) is 10.0 Å². The molecular weight excluding hydrogens is 178 g/mol. The van der Waals surface area contributed by atoms with E-state index in [4.69, 9.17) is 5.53 Å². The number of Topliss-reactive ketones (excluding diaryl/α,β-unsaturated/α-hetero) is 1. The van der Waals surface area contributed by atoms with Gasteiger partial charge in [-0.05, 0) is 24.1 Å². The number of carbonyl (C=O) groups is 1. The highest BCUT2D eigenvalue weighted by Gasteiger charge is 1.97. The number of azide groups is 1. The van der Waals surface area contributed by atoms with E-state index in [-0.39, 0.29) is 13.2 Å². The van der Waals surface area contributed by atoms with Crippen LogP contribution in [0.15, 0.2) is 29.4 Å². The minimum absolute atomic E-state index is 0. The largest absolute Gasteiger partial charge is 0.300 e. The van der Waals surface area contributed by atoms with Gasteiger partial charge in [-0.15, -0.1) is 0 Å². The molecule has 0 N–H and O–H groups in total. The first-order valence-electron chi connectivity index (χ1n) is 3.86. The summed E-state index contributed by atoms with van der Waals surface area (Å²) in [5.41, 5.74) is 9.60. The lowest BCUT2D eigenvalue weighted by Gasteiger charge is -1.97. The van der Waals surface area contributed by atoms with Gasteiger partial charge in [0, 0.05) is 17.0 Å². The monoisotopic (exact) mass is 191 g/mol. The normalized spacial score (nSPS) is 8.36. The molecule has 0 heterocycles. The molecule has 74 valence electrons. The van der Waals surface area contributed by atoms with Crippen molar-refractivity contribution >= 4 is 11.5 Å². The molecule has 4 nitrogen and oxygen atoms in total.